The summed E-state index contributed by atoms with van der Waals surface area (Å²) in [4.78, 5) is 25.5. The fraction of sp³-hybridized carbons (Fsp3) is 0.429. The van der Waals surface area contributed by atoms with E-state index in [4.69, 9.17) is 0 Å². The molecule has 0 heterocycles. The topological polar surface area (TPSA) is 49.4 Å². The number of nitrogens with zero attached hydrogens (tertiary/aromatic N) is 1. The average Bonchev–Trinajstić information content (AvgIpc) is 2.39. The second-order valence-corrected chi connectivity index (χ2v) is 5.14. The number of amides is 1. The van der Waals surface area contributed by atoms with Gasteiger partial charge in [0.1, 0.15) is 0 Å². The van der Waals surface area contributed by atoms with Gasteiger partial charge in [0.2, 0.25) is 5.91 Å². The predicted octanol–water partition coefficient (Wildman–Crippen LogP) is 2.09. The smallest absolute Gasteiger partial charge is 0.233 e. The Hall–Kier alpha value is -1.20. The number of carbonyl (C=O) groups is 2. The Kier molecular flexibility index (Phi) is 6.73. The second kappa shape index (κ2) is 8.07. The Morgan fingerprint density at radius 3 is 2.53 bits per heavy atom. The van der Waals surface area contributed by atoms with Crippen LogP contribution in [0.1, 0.15) is 23.7 Å². The van der Waals surface area contributed by atoms with Gasteiger partial charge in [0.15, 0.2) is 5.78 Å². The van der Waals surface area contributed by atoms with Crippen LogP contribution in [0.25, 0.3) is 0 Å². The molecule has 0 saturated carbocycles. The van der Waals surface area contributed by atoms with Crippen molar-refractivity contribution in [2.24, 2.45) is 0 Å². The summed E-state index contributed by atoms with van der Waals surface area (Å²) in [6.07, 6.45) is 0.903. The molecule has 0 fully saturated rings. The van der Waals surface area contributed by atoms with Crippen molar-refractivity contribution in [1.82, 2.24) is 10.2 Å². The first-order valence-corrected chi connectivity index (χ1v) is 7.08. The summed E-state index contributed by atoms with van der Waals surface area (Å²) in [6.45, 7) is 3.26. The predicted molar refractivity (Wildman–Crippen MR) is 79.3 cm³/mol. The Balaban J connectivity index is 2.71. The molecule has 4 nitrogen and oxygen atoms in total. The van der Waals surface area contributed by atoms with Crippen LogP contribution in [0.4, 0.5) is 0 Å². The van der Waals surface area contributed by atoms with E-state index in [-0.39, 0.29) is 24.8 Å². The number of rotatable bonds is 7. The van der Waals surface area contributed by atoms with E-state index in [1.807, 2.05) is 30.0 Å². The lowest BCUT2D eigenvalue weighted by molar-refractivity contribution is -0.121. The molecule has 0 aromatic heterocycles. The highest BCUT2D eigenvalue weighted by molar-refractivity contribution is 9.10. The molecular weight excluding hydrogens is 308 g/mol. The molecule has 5 heteroatoms. The zero-order chi connectivity index (χ0) is 14.3. The van der Waals surface area contributed by atoms with Gasteiger partial charge in [-0.15, -0.1) is 0 Å². The number of nitrogens with one attached hydrogen (secondary N) is 1. The van der Waals surface area contributed by atoms with Crippen LogP contribution in [-0.4, -0.2) is 43.3 Å². The molecule has 0 radical (unpaired) electrons. The van der Waals surface area contributed by atoms with E-state index in [0.29, 0.717) is 5.56 Å². The largest absolute Gasteiger partial charge is 0.358 e. The van der Waals surface area contributed by atoms with Gasteiger partial charge in [-0.1, -0.05) is 41.1 Å². The van der Waals surface area contributed by atoms with E-state index >= 15 is 0 Å². The maximum Gasteiger partial charge on any atom is 0.233 e. The molecule has 0 aliphatic rings. The molecule has 19 heavy (non-hydrogen) atoms. The fourth-order valence-corrected chi connectivity index (χ4v) is 2.29. The molecule has 0 aliphatic heterocycles. The molecule has 0 unspecified atom stereocenters. The van der Waals surface area contributed by atoms with Gasteiger partial charge in [-0.25, -0.2) is 0 Å². The average molecular weight is 327 g/mol. The first kappa shape index (κ1) is 15.9. The standard InChI is InChI=1S/C14H19BrN2O2/c1-3-8-17(10-14(19)16-2)9-13(18)11-6-4-5-7-12(11)15/h4-7H,3,8-10H2,1-2H3,(H,16,19). The minimum Gasteiger partial charge on any atom is -0.358 e. The van der Waals surface area contributed by atoms with Gasteiger partial charge in [-0.3, -0.25) is 14.5 Å². The highest BCUT2D eigenvalue weighted by Crippen LogP contribution is 2.16. The molecule has 1 rings (SSSR count). The van der Waals surface area contributed by atoms with Gasteiger partial charge in [0.25, 0.3) is 0 Å². The Labute approximate surface area is 122 Å². The first-order valence-electron chi connectivity index (χ1n) is 6.29. The lowest BCUT2D eigenvalue weighted by Crippen LogP contribution is -2.39. The number of benzene rings is 1. The third-order valence-corrected chi connectivity index (χ3v) is 3.42. The quantitative estimate of drug-likeness (QED) is 0.780. The molecule has 104 valence electrons. The van der Waals surface area contributed by atoms with Crippen molar-refractivity contribution in [3.05, 3.63) is 34.3 Å². The summed E-state index contributed by atoms with van der Waals surface area (Å²) < 4.78 is 0.788. The Morgan fingerprint density at radius 2 is 1.95 bits per heavy atom. The van der Waals surface area contributed by atoms with Crippen LogP contribution in [0.15, 0.2) is 28.7 Å². The van der Waals surface area contributed by atoms with Crippen molar-refractivity contribution in [1.29, 1.82) is 0 Å². The second-order valence-electron chi connectivity index (χ2n) is 4.29. The van der Waals surface area contributed by atoms with E-state index in [2.05, 4.69) is 21.2 Å². The van der Waals surface area contributed by atoms with Gasteiger partial charge in [0, 0.05) is 17.1 Å². The molecule has 0 spiro atoms. The minimum absolute atomic E-state index is 0.0184. The van der Waals surface area contributed by atoms with Gasteiger partial charge >= 0.3 is 0 Å². The van der Waals surface area contributed by atoms with Crippen molar-refractivity contribution >= 4 is 27.6 Å². The first-order chi connectivity index (χ1) is 9.08. The van der Waals surface area contributed by atoms with Crippen molar-refractivity contribution in [2.75, 3.05) is 26.7 Å². The number of hydrogen-bond donors (Lipinski definition) is 1. The molecule has 1 amide bonds. The van der Waals surface area contributed by atoms with Crippen LogP contribution in [0.2, 0.25) is 0 Å². The van der Waals surface area contributed by atoms with E-state index in [9.17, 15) is 9.59 Å². The summed E-state index contributed by atoms with van der Waals surface area (Å²) in [7, 11) is 1.60. The third kappa shape index (κ3) is 5.12. The third-order valence-electron chi connectivity index (χ3n) is 2.73. The summed E-state index contributed by atoms with van der Waals surface area (Å²) >= 11 is 3.37. The maximum atomic E-state index is 12.2. The van der Waals surface area contributed by atoms with Crippen LogP contribution in [0.3, 0.4) is 0 Å². The molecule has 0 saturated heterocycles. The van der Waals surface area contributed by atoms with Crippen molar-refractivity contribution in [3.8, 4) is 0 Å². The normalized spacial score (nSPS) is 10.5. The lowest BCUT2D eigenvalue weighted by atomic mass is 10.1. The van der Waals surface area contributed by atoms with E-state index in [1.165, 1.54) is 0 Å². The van der Waals surface area contributed by atoms with Gasteiger partial charge in [0.05, 0.1) is 13.1 Å². The molecule has 1 aromatic carbocycles. The van der Waals surface area contributed by atoms with Crippen LogP contribution in [0.5, 0.6) is 0 Å². The zero-order valence-corrected chi connectivity index (χ0v) is 12.9. The number of carbonyl (C=O) groups excluding carboxylic acids is 2. The summed E-state index contributed by atoms with van der Waals surface area (Å²) in [5, 5.41) is 2.58. The summed E-state index contributed by atoms with van der Waals surface area (Å²) in [5.74, 6) is -0.0572. The minimum atomic E-state index is -0.0756. The van der Waals surface area contributed by atoms with Crippen LogP contribution in [0, 0.1) is 0 Å². The van der Waals surface area contributed by atoms with Crippen LogP contribution >= 0.6 is 15.9 Å². The molecule has 1 aromatic rings. The molecule has 0 atom stereocenters. The maximum absolute atomic E-state index is 12.2. The summed E-state index contributed by atoms with van der Waals surface area (Å²) in [5.41, 5.74) is 0.653. The number of ketones is 1. The fourth-order valence-electron chi connectivity index (χ4n) is 1.79. The molecule has 1 N–H and O–H groups in total. The van der Waals surface area contributed by atoms with Gasteiger partial charge in [-0.05, 0) is 19.0 Å². The number of hydrogen-bond acceptors (Lipinski definition) is 3. The van der Waals surface area contributed by atoms with Crippen molar-refractivity contribution in [2.45, 2.75) is 13.3 Å². The van der Waals surface area contributed by atoms with Crippen molar-refractivity contribution in [3.63, 3.8) is 0 Å². The van der Waals surface area contributed by atoms with Gasteiger partial charge in [-0.2, -0.15) is 0 Å². The van der Waals surface area contributed by atoms with Gasteiger partial charge < -0.3 is 5.32 Å². The SMILES string of the molecule is CCCN(CC(=O)NC)CC(=O)c1ccccc1Br. The Bertz CT molecular complexity index is 449. The van der Waals surface area contributed by atoms with Crippen LogP contribution < -0.4 is 5.32 Å². The monoisotopic (exact) mass is 326 g/mol. The van der Waals surface area contributed by atoms with Crippen LogP contribution in [-0.2, 0) is 4.79 Å². The molecular formula is C14H19BrN2O2. The van der Waals surface area contributed by atoms with E-state index < -0.39 is 0 Å². The highest BCUT2D eigenvalue weighted by Gasteiger charge is 2.16. The Morgan fingerprint density at radius 1 is 1.26 bits per heavy atom. The number of Topliss-reactive ketones (excluding diaryl/α,β-unsaturated/α-hetero) is 1. The summed E-state index contributed by atoms with van der Waals surface area (Å²) in [6, 6.07) is 7.34. The molecule has 0 bridgehead atoms. The number of halogens is 1. The van der Waals surface area contributed by atoms with Crippen molar-refractivity contribution < 1.29 is 9.59 Å². The highest BCUT2D eigenvalue weighted by atomic mass is 79.9. The zero-order valence-electron chi connectivity index (χ0n) is 11.3. The number of likely N-dealkylation sites (N-methyl/N-ethyl adjacent to an activating group) is 1. The lowest BCUT2D eigenvalue weighted by Gasteiger charge is -2.20. The molecule has 0 aliphatic carbocycles. The van der Waals surface area contributed by atoms with E-state index in [1.54, 1.807) is 13.1 Å². The van der Waals surface area contributed by atoms with E-state index in [0.717, 1.165) is 17.4 Å².